The fraction of sp³-hybridized carbons (Fsp3) is 0.636. The molecular weight excluding hydrogens is 268 g/mol. The van der Waals surface area contributed by atoms with Crippen LogP contribution in [0.25, 0.3) is 0 Å². The number of aryl methyl sites for hydroxylation is 1. The highest BCUT2D eigenvalue weighted by molar-refractivity contribution is 9.10. The Hall–Kier alpha value is -0.680. The second-order valence-corrected chi connectivity index (χ2v) is 4.85. The summed E-state index contributed by atoms with van der Waals surface area (Å²) >= 11 is 3.39. The number of anilines is 1. The van der Waals surface area contributed by atoms with E-state index in [1.54, 1.807) is 0 Å². The molecule has 5 heteroatoms. The quantitative estimate of drug-likeness (QED) is 0.843. The van der Waals surface area contributed by atoms with Gasteiger partial charge in [0.05, 0.1) is 0 Å². The van der Waals surface area contributed by atoms with Crippen molar-refractivity contribution in [2.24, 2.45) is 0 Å². The van der Waals surface area contributed by atoms with Crippen LogP contribution in [-0.2, 0) is 6.42 Å². The SMILES string of the molecule is CCc1nc(Br)cc(NCC(C)N(C)C)n1. The molecule has 0 saturated heterocycles. The summed E-state index contributed by atoms with van der Waals surface area (Å²) in [5.74, 6) is 1.74. The standard InChI is InChI=1S/C11H19BrN4/c1-5-10-14-9(12)6-11(15-10)13-7-8(2)16(3)4/h6,8H,5,7H2,1-4H3,(H,13,14,15). The summed E-state index contributed by atoms with van der Waals surface area (Å²) in [7, 11) is 4.14. The summed E-state index contributed by atoms with van der Waals surface area (Å²) in [6.45, 7) is 5.09. The molecule has 0 fully saturated rings. The normalized spacial score (nSPS) is 12.9. The van der Waals surface area contributed by atoms with Crippen molar-refractivity contribution in [3.05, 3.63) is 16.5 Å². The molecule has 1 N–H and O–H groups in total. The Morgan fingerprint density at radius 1 is 1.44 bits per heavy atom. The fourth-order valence-corrected chi connectivity index (χ4v) is 1.57. The van der Waals surface area contributed by atoms with E-state index in [0.717, 1.165) is 29.2 Å². The molecule has 0 aliphatic carbocycles. The Balaban J connectivity index is 2.63. The smallest absolute Gasteiger partial charge is 0.131 e. The van der Waals surface area contributed by atoms with Crippen molar-refractivity contribution in [3.63, 3.8) is 0 Å². The Bertz CT molecular complexity index is 341. The zero-order valence-electron chi connectivity index (χ0n) is 10.3. The third kappa shape index (κ3) is 4.06. The zero-order chi connectivity index (χ0) is 12.1. The van der Waals surface area contributed by atoms with Crippen LogP contribution in [0.3, 0.4) is 0 Å². The van der Waals surface area contributed by atoms with Crippen molar-refractivity contribution in [1.82, 2.24) is 14.9 Å². The molecule has 0 aliphatic rings. The van der Waals surface area contributed by atoms with Crippen molar-refractivity contribution < 1.29 is 0 Å². The lowest BCUT2D eigenvalue weighted by molar-refractivity contribution is 0.326. The van der Waals surface area contributed by atoms with Gasteiger partial charge >= 0.3 is 0 Å². The molecule has 0 spiro atoms. The van der Waals surface area contributed by atoms with Gasteiger partial charge in [0.25, 0.3) is 0 Å². The van der Waals surface area contributed by atoms with Gasteiger partial charge in [-0.1, -0.05) is 6.92 Å². The summed E-state index contributed by atoms with van der Waals surface area (Å²) < 4.78 is 0.833. The van der Waals surface area contributed by atoms with E-state index in [9.17, 15) is 0 Å². The molecule has 4 nitrogen and oxygen atoms in total. The summed E-state index contributed by atoms with van der Waals surface area (Å²) in [5.41, 5.74) is 0. The predicted molar refractivity (Wildman–Crippen MR) is 70.7 cm³/mol. The third-order valence-electron chi connectivity index (χ3n) is 2.52. The highest BCUT2D eigenvalue weighted by Gasteiger charge is 2.06. The number of rotatable bonds is 5. The number of nitrogens with zero attached hydrogens (tertiary/aromatic N) is 3. The summed E-state index contributed by atoms with van der Waals surface area (Å²) in [5, 5.41) is 3.32. The van der Waals surface area contributed by atoms with Gasteiger partial charge in [0.1, 0.15) is 16.2 Å². The van der Waals surface area contributed by atoms with Crippen LogP contribution in [0.1, 0.15) is 19.7 Å². The van der Waals surface area contributed by atoms with Crippen molar-refractivity contribution in [3.8, 4) is 0 Å². The van der Waals surface area contributed by atoms with Crippen LogP contribution >= 0.6 is 15.9 Å². The van der Waals surface area contributed by atoms with E-state index < -0.39 is 0 Å². The lowest BCUT2D eigenvalue weighted by Gasteiger charge is -2.20. The molecule has 1 rings (SSSR count). The van der Waals surface area contributed by atoms with Gasteiger partial charge in [0.2, 0.25) is 0 Å². The molecule has 0 amide bonds. The third-order valence-corrected chi connectivity index (χ3v) is 2.92. The van der Waals surface area contributed by atoms with Crippen molar-refractivity contribution in [2.75, 3.05) is 26.0 Å². The van der Waals surface area contributed by atoms with Gasteiger partial charge in [0, 0.05) is 25.1 Å². The Morgan fingerprint density at radius 3 is 2.69 bits per heavy atom. The Morgan fingerprint density at radius 2 is 2.12 bits per heavy atom. The van der Waals surface area contributed by atoms with E-state index in [-0.39, 0.29) is 0 Å². The van der Waals surface area contributed by atoms with Crippen LogP contribution in [0.5, 0.6) is 0 Å². The lowest BCUT2D eigenvalue weighted by atomic mass is 10.3. The van der Waals surface area contributed by atoms with Crippen LogP contribution in [0.4, 0.5) is 5.82 Å². The highest BCUT2D eigenvalue weighted by Crippen LogP contribution is 2.12. The average molecular weight is 287 g/mol. The number of hydrogen-bond donors (Lipinski definition) is 1. The molecular formula is C11H19BrN4. The van der Waals surface area contributed by atoms with E-state index >= 15 is 0 Å². The predicted octanol–water partition coefficient (Wildman–Crippen LogP) is 2.16. The molecule has 0 aromatic carbocycles. The molecule has 1 aromatic rings. The van der Waals surface area contributed by atoms with Crippen molar-refractivity contribution in [2.45, 2.75) is 26.3 Å². The second kappa shape index (κ2) is 6.15. The molecule has 90 valence electrons. The van der Waals surface area contributed by atoms with E-state index in [2.05, 4.69) is 57.1 Å². The Kier molecular flexibility index (Phi) is 5.15. The van der Waals surface area contributed by atoms with Gasteiger partial charge in [-0.15, -0.1) is 0 Å². The first kappa shape index (κ1) is 13.4. The van der Waals surface area contributed by atoms with Crippen LogP contribution in [-0.4, -0.2) is 41.5 Å². The molecule has 16 heavy (non-hydrogen) atoms. The fourth-order valence-electron chi connectivity index (χ4n) is 1.15. The Labute approximate surface area is 106 Å². The lowest BCUT2D eigenvalue weighted by Crippen LogP contribution is -2.31. The minimum atomic E-state index is 0.471. The zero-order valence-corrected chi connectivity index (χ0v) is 11.9. The first-order valence-electron chi connectivity index (χ1n) is 5.46. The molecule has 0 saturated carbocycles. The van der Waals surface area contributed by atoms with E-state index in [4.69, 9.17) is 0 Å². The van der Waals surface area contributed by atoms with Gasteiger partial charge in [-0.3, -0.25) is 0 Å². The molecule has 0 bridgehead atoms. The average Bonchev–Trinajstić information content (AvgIpc) is 2.24. The minimum absolute atomic E-state index is 0.471. The van der Waals surface area contributed by atoms with Gasteiger partial charge in [-0.25, -0.2) is 9.97 Å². The van der Waals surface area contributed by atoms with Crippen LogP contribution < -0.4 is 5.32 Å². The molecule has 1 aromatic heterocycles. The summed E-state index contributed by atoms with van der Waals surface area (Å²) in [6, 6.07) is 2.38. The van der Waals surface area contributed by atoms with E-state index in [0.29, 0.717) is 6.04 Å². The van der Waals surface area contributed by atoms with E-state index in [1.165, 1.54) is 0 Å². The van der Waals surface area contributed by atoms with E-state index in [1.807, 2.05) is 13.0 Å². The maximum absolute atomic E-state index is 4.41. The molecule has 1 heterocycles. The number of halogens is 1. The van der Waals surface area contributed by atoms with Gasteiger partial charge < -0.3 is 10.2 Å². The number of hydrogen-bond acceptors (Lipinski definition) is 4. The van der Waals surface area contributed by atoms with Crippen molar-refractivity contribution >= 4 is 21.7 Å². The number of nitrogens with one attached hydrogen (secondary N) is 1. The van der Waals surface area contributed by atoms with Crippen molar-refractivity contribution in [1.29, 1.82) is 0 Å². The topological polar surface area (TPSA) is 41.1 Å². The molecule has 1 unspecified atom stereocenters. The van der Waals surface area contributed by atoms with Crippen LogP contribution in [0, 0.1) is 0 Å². The van der Waals surface area contributed by atoms with Gasteiger partial charge in [-0.05, 0) is 36.9 Å². The van der Waals surface area contributed by atoms with Crippen LogP contribution in [0.15, 0.2) is 10.7 Å². The van der Waals surface area contributed by atoms with Crippen LogP contribution in [0.2, 0.25) is 0 Å². The molecule has 1 atom stereocenters. The van der Waals surface area contributed by atoms with Gasteiger partial charge in [-0.2, -0.15) is 0 Å². The second-order valence-electron chi connectivity index (χ2n) is 4.04. The number of likely N-dealkylation sites (N-methyl/N-ethyl adjacent to an activating group) is 1. The maximum Gasteiger partial charge on any atom is 0.131 e. The van der Waals surface area contributed by atoms with Gasteiger partial charge in [0.15, 0.2) is 0 Å². The summed E-state index contributed by atoms with van der Waals surface area (Å²) in [4.78, 5) is 10.9. The highest BCUT2D eigenvalue weighted by atomic mass is 79.9. The summed E-state index contributed by atoms with van der Waals surface area (Å²) in [6.07, 6.45) is 0.845. The monoisotopic (exact) mass is 286 g/mol. The first-order valence-corrected chi connectivity index (χ1v) is 6.26. The maximum atomic E-state index is 4.41. The minimum Gasteiger partial charge on any atom is -0.368 e. The number of aromatic nitrogens is 2. The molecule has 0 radical (unpaired) electrons. The first-order chi connectivity index (χ1) is 7.52. The molecule has 0 aliphatic heterocycles. The largest absolute Gasteiger partial charge is 0.368 e.